The topological polar surface area (TPSA) is 112 Å². The maximum Gasteiger partial charge on any atom is 0.418 e. The van der Waals surface area contributed by atoms with Crippen LogP contribution in [0.1, 0.15) is 49.7 Å². The van der Waals surface area contributed by atoms with E-state index in [1.54, 1.807) is 36.4 Å². The number of pyridine rings is 2. The summed E-state index contributed by atoms with van der Waals surface area (Å²) >= 11 is 0. The molecular weight excluding hydrogens is 533 g/mol. The second-order valence-corrected chi connectivity index (χ2v) is 11.0. The second kappa shape index (κ2) is 12.0. The SMILES string of the molecule is O=C(O)CCCCN1CCCCCc2ccccc2-c2nc(ccc2C(F)(F)F)NS(=O)(=O)c2cccc1n2. The van der Waals surface area contributed by atoms with Crippen molar-refractivity contribution in [2.24, 2.45) is 0 Å². The lowest BCUT2D eigenvalue weighted by molar-refractivity contribution is -0.138. The zero-order chi connectivity index (χ0) is 28.0. The smallest absolute Gasteiger partial charge is 0.418 e. The van der Waals surface area contributed by atoms with Crippen molar-refractivity contribution in [1.82, 2.24) is 9.97 Å². The number of alkyl halides is 3. The molecule has 0 fully saturated rings. The third-order valence-corrected chi connectivity index (χ3v) is 7.72. The predicted molar refractivity (Wildman–Crippen MR) is 141 cm³/mol. The highest BCUT2D eigenvalue weighted by Crippen LogP contribution is 2.38. The lowest BCUT2D eigenvalue weighted by Crippen LogP contribution is -2.27. The number of halogens is 3. The van der Waals surface area contributed by atoms with E-state index in [2.05, 4.69) is 14.7 Å². The van der Waals surface area contributed by atoms with E-state index in [1.165, 1.54) is 6.07 Å². The number of anilines is 2. The van der Waals surface area contributed by atoms with Gasteiger partial charge in [-0.2, -0.15) is 21.6 Å². The quantitative estimate of drug-likeness (QED) is 0.381. The highest BCUT2D eigenvalue weighted by Gasteiger charge is 2.35. The van der Waals surface area contributed by atoms with Crippen LogP contribution in [-0.4, -0.2) is 42.6 Å². The number of rotatable bonds is 5. The number of hydrogen-bond donors (Lipinski definition) is 2. The summed E-state index contributed by atoms with van der Waals surface area (Å²) in [5, 5.41) is 8.64. The van der Waals surface area contributed by atoms with Crippen molar-refractivity contribution in [2.45, 2.75) is 56.1 Å². The van der Waals surface area contributed by atoms with Crippen molar-refractivity contribution in [3.05, 3.63) is 65.7 Å². The van der Waals surface area contributed by atoms with E-state index < -0.39 is 27.7 Å². The molecule has 0 unspecified atom stereocenters. The fourth-order valence-corrected chi connectivity index (χ4v) is 5.52. The summed E-state index contributed by atoms with van der Waals surface area (Å²) in [6, 6.07) is 13.1. The molecule has 3 aromatic rings. The van der Waals surface area contributed by atoms with Crippen LogP contribution in [-0.2, 0) is 27.4 Å². The minimum Gasteiger partial charge on any atom is -0.481 e. The minimum absolute atomic E-state index is 0.0428. The highest BCUT2D eigenvalue weighted by atomic mass is 32.2. The van der Waals surface area contributed by atoms with E-state index in [4.69, 9.17) is 5.11 Å². The molecule has 0 radical (unpaired) electrons. The number of aromatic nitrogens is 2. The number of benzene rings is 1. The summed E-state index contributed by atoms with van der Waals surface area (Å²) in [7, 11) is -4.28. The summed E-state index contributed by atoms with van der Waals surface area (Å²) in [6.07, 6.45) is -0.807. The minimum atomic E-state index is -4.68. The van der Waals surface area contributed by atoms with Gasteiger partial charge < -0.3 is 10.0 Å². The van der Waals surface area contributed by atoms with Crippen LogP contribution in [0.5, 0.6) is 0 Å². The zero-order valence-corrected chi connectivity index (χ0v) is 21.9. The van der Waals surface area contributed by atoms with Crippen molar-refractivity contribution >= 4 is 27.6 Å². The average molecular weight is 563 g/mol. The molecule has 1 aliphatic heterocycles. The van der Waals surface area contributed by atoms with E-state index in [9.17, 15) is 26.4 Å². The number of fused-ring (bicyclic) bond motifs is 6. The van der Waals surface area contributed by atoms with Crippen LogP contribution in [0.15, 0.2) is 59.6 Å². The van der Waals surface area contributed by atoms with E-state index in [-0.39, 0.29) is 23.0 Å². The van der Waals surface area contributed by atoms with Crippen LogP contribution in [0.4, 0.5) is 24.8 Å². The van der Waals surface area contributed by atoms with E-state index in [0.29, 0.717) is 49.3 Å². The van der Waals surface area contributed by atoms with Gasteiger partial charge in [-0.15, -0.1) is 0 Å². The molecule has 0 spiro atoms. The fourth-order valence-electron chi connectivity index (χ4n) is 4.55. The van der Waals surface area contributed by atoms with Gasteiger partial charge in [-0.1, -0.05) is 36.8 Å². The average Bonchev–Trinajstić information content (AvgIpc) is 2.88. The Labute approximate surface area is 225 Å². The highest BCUT2D eigenvalue weighted by molar-refractivity contribution is 7.92. The third-order valence-electron chi connectivity index (χ3n) is 6.46. The first-order chi connectivity index (χ1) is 18.5. The van der Waals surface area contributed by atoms with Gasteiger partial charge >= 0.3 is 12.1 Å². The zero-order valence-electron chi connectivity index (χ0n) is 21.1. The molecule has 8 nitrogen and oxygen atoms in total. The normalized spacial score (nSPS) is 15.7. The Kier molecular flexibility index (Phi) is 8.73. The van der Waals surface area contributed by atoms with Gasteiger partial charge in [-0.25, -0.2) is 9.97 Å². The largest absolute Gasteiger partial charge is 0.481 e. The van der Waals surface area contributed by atoms with E-state index >= 15 is 0 Å². The maximum atomic E-state index is 13.9. The summed E-state index contributed by atoms with van der Waals surface area (Å²) < 4.78 is 70.5. The molecular formula is C27H29F3N4O4S. The van der Waals surface area contributed by atoms with Crippen LogP contribution in [0.25, 0.3) is 11.3 Å². The number of nitrogens with one attached hydrogen (secondary N) is 1. The molecule has 4 rings (SSSR count). The number of carbonyl (C=O) groups is 1. The molecule has 0 saturated carbocycles. The molecule has 39 heavy (non-hydrogen) atoms. The number of hydrogen-bond acceptors (Lipinski definition) is 6. The van der Waals surface area contributed by atoms with Gasteiger partial charge in [0.15, 0.2) is 5.03 Å². The molecule has 4 bridgehead atoms. The molecule has 2 N–H and O–H groups in total. The van der Waals surface area contributed by atoms with Crippen molar-refractivity contribution < 1.29 is 31.5 Å². The monoisotopic (exact) mass is 562 g/mol. The van der Waals surface area contributed by atoms with E-state index in [1.807, 2.05) is 4.90 Å². The summed E-state index contributed by atoms with van der Waals surface area (Å²) in [6.45, 7) is 1.07. The summed E-state index contributed by atoms with van der Waals surface area (Å²) in [5.41, 5.74) is -0.282. The first-order valence-corrected chi connectivity index (χ1v) is 14.2. The second-order valence-electron chi connectivity index (χ2n) is 9.34. The molecule has 1 aliphatic rings. The van der Waals surface area contributed by atoms with Crippen molar-refractivity contribution in [3.8, 4) is 11.3 Å². The van der Waals surface area contributed by atoms with Crippen LogP contribution in [0.2, 0.25) is 0 Å². The number of sulfonamides is 1. The van der Waals surface area contributed by atoms with Crippen LogP contribution >= 0.6 is 0 Å². The summed E-state index contributed by atoms with van der Waals surface area (Å²) in [5.74, 6) is -0.704. The van der Waals surface area contributed by atoms with Crippen molar-refractivity contribution in [1.29, 1.82) is 0 Å². The molecule has 0 atom stereocenters. The Morgan fingerprint density at radius 1 is 0.974 bits per heavy atom. The van der Waals surface area contributed by atoms with Gasteiger partial charge in [0.1, 0.15) is 11.6 Å². The van der Waals surface area contributed by atoms with Crippen LogP contribution in [0, 0.1) is 0 Å². The molecule has 12 heteroatoms. The van der Waals surface area contributed by atoms with E-state index in [0.717, 1.165) is 31.4 Å². The standard InChI is InChI=1S/C27H29F3N4O4S/c28-27(29,30)21-15-16-22-31-26(21)20-11-4-3-10-19(20)9-2-1-6-17-34(18-7-5-14-25(35)36)23-12-8-13-24(32-23)39(37,38)33-22/h3-4,8,10-13,15-16H,1-2,5-7,9,14,17-18H2,(H,31,33)(H,35,36). The number of carboxylic acids is 1. The molecule has 2 aromatic heterocycles. The van der Waals surface area contributed by atoms with Gasteiger partial charge in [0, 0.05) is 25.1 Å². The first kappa shape index (κ1) is 28.3. The van der Waals surface area contributed by atoms with Crippen molar-refractivity contribution in [3.63, 3.8) is 0 Å². The number of unbranched alkanes of at least 4 members (excludes halogenated alkanes) is 1. The lowest BCUT2D eigenvalue weighted by atomic mass is 9.96. The van der Waals surface area contributed by atoms with Gasteiger partial charge in [0.2, 0.25) is 0 Å². The Morgan fingerprint density at radius 2 is 1.77 bits per heavy atom. The number of nitrogens with zero attached hydrogens (tertiary/aromatic N) is 3. The Balaban J connectivity index is 1.74. The van der Waals surface area contributed by atoms with Crippen LogP contribution in [0.3, 0.4) is 0 Å². The lowest BCUT2D eigenvalue weighted by Gasteiger charge is -2.24. The van der Waals surface area contributed by atoms with Gasteiger partial charge in [0.05, 0.1) is 11.3 Å². The number of aryl methyl sites for hydroxylation is 1. The molecule has 0 saturated heterocycles. The Hall–Kier alpha value is -3.67. The molecule has 1 aromatic carbocycles. The molecule has 0 amide bonds. The molecule has 208 valence electrons. The third kappa shape index (κ3) is 7.25. The van der Waals surface area contributed by atoms with Gasteiger partial charge in [0.25, 0.3) is 10.0 Å². The maximum absolute atomic E-state index is 13.9. The predicted octanol–water partition coefficient (Wildman–Crippen LogP) is 5.75. The Morgan fingerprint density at radius 3 is 2.54 bits per heavy atom. The van der Waals surface area contributed by atoms with Crippen LogP contribution < -0.4 is 9.62 Å². The first-order valence-electron chi connectivity index (χ1n) is 12.7. The molecule has 3 heterocycles. The number of carboxylic acid groups (broad SMARTS) is 1. The van der Waals surface area contributed by atoms with Gasteiger partial charge in [-0.3, -0.25) is 9.52 Å². The fraction of sp³-hybridized carbons (Fsp3) is 0.370. The van der Waals surface area contributed by atoms with Crippen molar-refractivity contribution in [2.75, 3.05) is 22.7 Å². The molecule has 0 aliphatic carbocycles. The Bertz CT molecular complexity index is 1430. The summed E-state index contributed by atoms with van der Waals surface area (Å²) in [4.78, 5) is 21.3. The van der Waals surface area contributed by atoms with Gasteiger partial charge in [-0.05, 0) is 61.9 Å². The number of aliphatic carboxylic acids is 1.